The summed E-state index contributed by atoms with van der Waals surface area (Å²) in [5.41, 5.74) is 0. The SMILES string of the molecule is CC(C)Sc1cnn[nH]1. The summed E-state index contributed by atoms with van der Waals surface area (Å²) in [4.78, 5) is 0. The fourth-order valence-corrected chi connectivity index (χ4v) is 1.21. The van der Waals surface area contributed by atoms with E-state index in [2.05, 4.69) is 29.3 Å². The molecule has 1 rings (SSSR count). The summed E-state index contributed by atoms with van der Waals surface area (Å²) in [7, 11) is 0. The van der Waals surface area contributed by atoms with Crippen LogP contribution in [0, 0.1) is 0 Å². The van der Waals surface area contributed by atoms with Crippen molar-refractivity contribution in [2.75, 3.05) is 0 Å². The summed E-state index contributed by atoms with van der Waals surface area (Å²) < 4.78 is 0. The average molecular weight is 143 g/mol. The zero-order valence-electron chi connectivity index (χ0n) is 5.46. The molecule has 0 bridgehead atoms. The molecule has 1 aromatic rings. The molecule has 1 N–H and O–H groups in total. The predicted octanol–water partition coefficient (Wildman–Crippen LogP) is 1.31. The van der Waals surface area contributed by atoms with Crippen LogP contribution < -0.4 is 0 Å². The Hall–Kier alpha value is -0.510. The number of aromatic amines is 1. The Labute approximate surface area is 58.2 Å². The quantitative estimate of drug-likeness (QED) is 0.634. The number of thioether (sulfide) groups is 1. The maximum Gasteiger partial charge on any atom is 0.111 e. The Kier molecular flexibility index (Phi) is 2.10. The molecule has 9 heavy (non-hydrogen) atoms. The molecule has 0 fully saturated rings. The van der Waals surface area contributed by atoms with Crippen LogP contribution in [0.15, 0.2) is 11.2 Å². The lowest BCUT2D eigenvalue weighted by Crippen LogP contribution is -1.84. The van der Waals surface area contributed by atoms with Crippen LogP contribution in [0.25, 0.3) is 0 Å². The van der Waals surface area contributed by atoms with Crippen molar-refractivity contribution < 1.29 is 0 Å². The first-order chi connectivity index (χ1) is 4.29. The summed E-state index contributed by atoms with van der Waals surface area (Å²) in [6.07, 6.45) is 1.73. The van der Waals surface area contributed by atoms with Crippen LogP contribution in [0.5, 0.6) is 0 Å². The first-order valence-electron chi connectivity index (χ1n) is 2.82. The second kappa shape index (κ2) is 2.87. The van der Waals surface area contributed by atoms with Gasteiger partial charge in [0.25, 0.3) is 0 Å². The summed E-state index contributed by atoms with van der Waals surface area (Å²) in [6, 6.07) is 0. The van der Waals surface area contributed by atoms with Crippen LogP contribution in [-0.2, 0) is 0 Å². The minimum absolute atomic E-state index is 0.590. The fourth-order valence-electron chi connectivity index (χ4n) is 0.499. The van der Waals surface area contributed by atoms with Crippen molar-refractivity contribution in [3.63, 3.8) is 0 Å². The zero-order valence-corrected chi connectivity index (χ0v) is 6.27. The molecule has 0 aromatic carbocycles. The topological polar surface area (TPSA) is 41.6 Å². The Balaban J connectivity index is 2.48. The van der Waals surface area contributed by atoms with Crippen LogP contribution in [0.2, 0.25) is 0 Å². The molecular weight excluding hydrogens is 134 g/mol. The van der Waals surface area contributed by atoms with E-state index in [1.54, 1.807) is 18.0 Å². The van der Waals surface area contributed by atoms with Crippen molar-refractivity contribution in [3.05, 3.63) is 6.20 Å². The van der Waals surface area contributed by atoms with E-state index in [1.165, 1.54) is 0 Å². The molecule has 1 aromatic heterocycles. The van der Waals surface area contributed by atoms with E-state index in [4.69, 9.17) is 0 Å². The van der Waals surface area contributed by atoms with Gasteiger partial charge in [0, 0.05) is 5.25 Å². The molecule has 0 aliphatic rings. The van der Waals surface area contributed by atoms with E-state index in [0.29, 0.717) is 5.25 Å². The van der Waals surface area contributed by atoms with Crippen LogP contribution in [0.4, 0.5) is 0 Å². The van der Waals surface area contributed by atoms with Gasteiger partial charge in [0.05, 0.1) is 6.20 Å². The molecule has 0 aliphatic heterocycles. The third kappa shape index (κ3) is 2.05. The third-order valence-corrected chi connectivity index (χ3v) is 1.68. The lowest BCUT2D eigenvalue weighted by molar-refractivity contribution is 0.909. The van der Waals surface area contributed by atoms with E-state index in [0.717, 1.165) is 5.03 Å². The molecule has 0 unspecified atom stereocenters. The number of nitrogens with zero attached hydrogens (tertiary/aromatic N) is 2. The van der Waals surface area contributed by atoms with E-state index >= 15 is 0 Å². The van der Waals surface area contributed by atoms with Gasteiger partial charge in [-0.25, -0.2) is 0 Å². The van der Waals surface area contributed by atoms with Gasteiger partial charge in [-0.05, 0) is 0 Å². The molecule has 0 aliphatic carbocycles. The van der Waals surface area contributed by atoms with Gasteiger partial charge in [0.15, 0.2) is 0 Å². The fraction of sp³-hybridized carbons (Fsp3) is 0.600. The molecule has 0 saturated carbocycles. The largest absolute Gasteiger partial charge is 0.252 e. The molecule has 0 atom stereocenters. The van der Waals surface area contributed by atoms with Gasteiger partial charge in [-0.1, -0.05) is 19.1 Å². The number of rotatable bonds is 2. The number of aromatic nitrogens is 3. The third-order valence-electron chi connectivity index (χ3n) is 0.756. The van der Waals surface area contributed by atoms with Gasteiger partial charge >= 0.3 is 0 Å². The number of H-pyrrole nitrogens is 1. The van der Waals surface area contributed by atoms with E-state index in [1.807, 2.05) is 0 Å². The van der Waals surface area contributed by atoms with Gasteiger partial charge < -0.3 is 0 Å². The summed E-state index contributed by atoms with van der Waals surface area (Å²) in [5, 5.41) is 11.6. The maximum absolute atomic E-state index is 3.65. The Bertz CT molecular complexity index is 159. The van der Waals surface area contributed by atoms with E-state index < -0.39 is 0 Å². The van der Waals surface area contributed by atoms with Crippen molar-refractivity contribution >= 4 is 11.8 Å². The van der Waals surface area contributed by atoms with Gasteiger partial charge in [-0.2, -0.15) is 0 Å². The number of hydrogen-bond acceptors (Lipinski definition) is 3. The van der Waals surface area contributed by atoms with Crippen molar-refractivity contribution in [3.8, 4) is 0 Å². The molecule has 0 saturated heterocycles. The smallest absolute Gasteiger partial charge is 0.111 e. The van der Waals surface area contributed by atoms with Crippen LogP contribution in [0.1, 0.15) is 13.8 Å². The Morgan fingerprint density at radius 2 is 2.44 bits per heavy atom. The number of nitrogens with one attached hydrogen (secondary N) is 1. The highest BCUT2D eigenvalue weighted by atomic mass is 32.2. The van der Waals surface area contributed by atoms with Gasteiger partial charge in [0.1, 0.15) is 5.03 Å². The minimum atomic E-state index is 0.590. The Morgan fingerprint density at radius 1 is 1.67 bits per heavy atom. The van der Waals surface area contributed by atoms with Crippen molar-refractivity contribution in [2.45, 2.75) is 24.1 Å². The molecule has 1 heterocycles. The second-order valence-electron chi connectivity index (χ2n) is 1.99. The molecule has 50 valence electrons. The first-order valence-corrected chi connectivity index (χ1v) is 3.69. The van der Waals surface area contributed by atoms with E-state index in [9.17, 15) is 0 Å². The highest BCUT2D eigenvalue weighted by Gasteiger charge is 1.97. The van der Waals surface area contributed by atoms with Crippen molar-refractivity contribution in [2.24, 2.45) is 0 Å². The average Bonchev–Trinajstić information content (AvgIpc) is 2.15. The molecule has 4 heteroatoms. The predicted molar refractivity (Wildman–Crippen MR) is 37.4 cm³/mol. The van der Waals surface area contributed by atoms with Crippen LogP contribution in [-0.4, -0.2) is 20.7 Å². The summed E-state index contributed by atoms with van der Waals surface area (Å²) in [6.45, 7) is 4.26. The lowest BCUT2D eigenvalue weighted by atomic mass is 10.6. The second-order valence-corrected chi connectivity index (χ2v) is 3.61. The monoisotopic (exact) mass is 143 g/mol. The van der Waals surface area contributed by atoms with Crippen LogP contribution >= 0.6 is 11.8 Å². The minimum Gasteiger partial charge on any atom is -0.252 e. The van der Waals surface area contributed by atoms with Crippen molar-refractivity contribution in [1.29, 1.82) is 0 Å². The Morgan fingerprint density at radius 3 is 2.89 bits per heavy atom. The molecular formula is C5H9N3S. The van der Waals surface area contributed by atoms with Gasteiger partial charge in [-0.3, -0.25) is 5.10 Å². The first kappa shape index (κ1) is 6.61. The highest BCUT2D eigenvalue weighted by molar-refractivity contribution is 7.99. The molecule has 3 nitrogen and oxygen atoms in total. The van der Waals surface area contributed by atoms with E-state index in [-0.39, 0.29) is 0 Å². The zero-order chi connectivity index (χ0) is 6.69. The summed E-state index contributed by atoms with van der Waals surface area (Å²) in [5.74, 6) is 0. The maximum atomic E-state index is 3.65. The lowest BCUT2D eigenvalue weighted by Gasteiger charge is -1.97. The normalized spacial score (nSPS) is 10.6. The van der Waals surface area contributed by atoms with Gasteiger partial charge in [0.2, 0.25) is 0 Å². The highest BCUT2D eigenvalue weighted by Crippen LogP contribution is 2.17. The number of hydrogen-bond donors (Lipinski definition) is 1. The summed E-state index contributed by atoms with van der Waals surface area (Å²) >= 11 is 1.72. The molecule has 0 amide bonds. The molecule has 0 spiro atoms. The van der Waals surface area contributed by atoms with Crippen LogP contribution in [0.3, 0.4) is 0 Å². The van der Waals surface area contributed by atoms with Crippen molar-refractivity contribution in [1.82, 2.24) is 15.4 Å². The van der Waals surface area contributed by atoms with Gasteiger partial charge in [-0.15, -0.1) is 16.9 Å². The standard InChI is InChI=1S/C5H9N3S/c1-4(2)9-5-3-6-8-7-5/h3-4H,1-2H3,(H,6,7,8). The molecule has 0 radical (unpaired) electrons.